The van der Waals surface area contributed by atoms with Crippen LogP contribution in [0, 0.1) is 10.5 Å². The molecule has 1 N–H and O–H groups in total. The van der Waals surface area contributed by atoms with Crippen LogP contribution in [-0.2, 0) is 0 Å². The Morgan fingerprint density at radius 2 is 1.85 bits per heavy atom. The summed E-state index contributed by atoms with van der Waals surface area (Å²) in [5, 5.41) is 3.41. The Balaban J connectivity index is 2.34. The largest absolute Gasteiger partial charge is 0.494 e. The molecule has 2 aromatic carbocycles. The second-order valence-corrected chi connectivity index (χ2v) is 5.78. The third-order valence-electron chi connectivity index (χ3n) is 3.35. The van der Waals surface area contributed by atoms with Crippen molar-refractivity contribution in [3.8, 4) is 5.75 Å². The van der Waals surface area contributed by atoms with Crippen molar-refractivity contribution >= 4 is 22.6 Å². The van der Waals surface area contributed by atoms with Gasteiger partial charge in [0.05, 0.1) is 12.6 Å². The van der Waals surface area contributed by atoms with E-state index in [9.17, 15) is 0 Å². The highest BCUT2D eigenvalue weighted by Crippen LogP contribution is 2.28. The lowest BCUT2D eigenvalue weighted by atomic mass is 9.97. The maximum absolute atomic E-state index is 5.50. The quantitative estimate of drug-likeness (QED) is 0.780. The number of ether oxygens (including phenoxy) is 1. The molecule has 0 radical (unpaired) electrons. The predicted molar refractivity (Wildman–Crippen MR) is 92.4 cm³/mol. The van der Waals surface area contributed by atoms with E-state index in [4.69, 9.17) is 4.74 Å². The average molecular weight is 381 g/mol. The molecule has 2 nitrogen and oxygen atoms in total. The minimum absolute atomic E-state index is 0.206. The fourth-order valence-electron chi connectivity index (χ4n) is 2.32. The van der Waals surface area contributed by atoms with Crippen LogP contribution < -0.4 is 10.1 Å². The van der Waals surface area contributed by atoms with Crippen LogP contribution in [0.4, 0.5) is 0 Å². The van der Waals surface area contributed by atoms with Crippen LogP contribution in [0.2, 0.25) is 0 Å². The van der Waals surface area contributed by atoms with Gasteiger partial charge in [-0.2, -0.15) is 0 Å². The Morgan fingerprint density at radius 1 is 1.15 bits per heavy atom. The van der Waals surface area contributed by atoms with Crippen LogP contribution in [0.15, 0.2) is 42.5 Å². The SMILES string of the molecule is CCOc1ccc(C(NC)c2cccc(C)c2I)cc1. The molecule has 0 amide bonds. The van der Waals surface area contributed by atoms with Gasteiger partial charge in [0.1, 0.15) is 5.75 Å². The molecule has 0 spiro atoms. The Bertz CT molecular complexity index is 566. The molecule has 2 aromatic rings. The molecule has 0 aliphatic heterocycles. The van der Waals surface area contributed by atoms with E-state index in [2.05, 4.69) is 65.2 Å². The Hall–Kier alpha value is -1.07. The maximum Gasteiger partial charge on any atom is 0.119 e. The van der Waals surface area contributed by atoms with Crippen molar-refractivity contribution in [1.82, 2.24) is 5.32 Å². The second kappa shape index (κ2) is 7.09. The van der Waals surface area contributed by atoms with E-state index in [0.29, 0.717) is 6.61 Å². The van der Waals surface area contributed by atoms with Crippen molar-refractivity contribution in [1.29, 1.82) is 0 Å². The van der Waals surface area contributed by atoms with E-state index < -0.39 is 0 Å². The third kappa shape index (κ3) is 3.33. The molecule has 0 saturated heterocycles. The smallest absolute Gasteiger partial charge is 0.119 e. The van der Waals surface area contributed by atoms with Crippen LogP contribution in [0.1, 0.15) is 29.7 Å². The van der Waals surface area contributed by atoms with Gasteiger partial charge in [-0.15, -0.1) is 0 Å². The van der Waals surface area contributed by atoms with Gasteiger partial charge in [0.25, 0.3) is 0 Å². The summed E-state index contributed by atoms with van der Waals surface area (Å²) in [4.78, 5) is 0. The molecule has 0 bridgehead atoms. The maximum atomic E-state index is 5.50. The highest BCUT2D eigenvalue weighted by molar-refractivity contribution is 14.1. The van der Waals surface area contributed by atoms with Crippen LogP contribution in [0.3, 0.4) is 0 Å². The normalized spacial score (nSPS) is 12.2. The zero-order chi connectivity index (χ0) is 14.5. The van der Waals surface area contributed by atoms with Gasteiger partial charge >= 0.3 is 0 Å². The van der Waals surface area contributed by atoms with Gasteiger partial charge in [0, 0.05) is 3.57 Å². The summed E-state index contributed by atoms with van der Waals surface area (Å²) < 4.78 is 6.82. The number of rotatable bonds is 5. The zero-order valence-electron chi connectivity index (χ0n) is 12.1. The van der Waals surface area contributed by atoms with Crippen LogP contribution >= 0.6 is 22.6 Å². The van der Waals surface area contributed by atoms with Gasteiger partial charge in [-0.3, -0.25) is 0 Å². The first-order valence-corrected chi connectivity index (χ1v) is 7.90. The topological polar surface area (TPSA) is 21.3 Å². The summed E-state index contributed by atoms with van der Waals surface area (Å²) in [6, 6.07) is 15.0. The number of benzene rings is 2. The molecular weight excluding hydrogens is 361 g/mol. The van der Waals surface area contributed by atoms with Gasteiger partial charge in [0.2, 0.25) is 0 Å². The van der Waals surface area contributed by atoms with Crippen molar-refractivity contribution in [3.63, 3.8) is 0 Å². The van der Waals surface area contributed by atoms with Crippen molar-refractivity contribution in [2.24, 2.45) is 0 Å². The lowest BCUT2D eigenvalue weighted by molar-refractivity contribution is 0.340. The summed E-state index contributed by atoms with van der Waals surface area (Å²) in [7, 11) is 2.00. The fourth-order valence-corrected chi connectivity index (χ4v) is 2.99. The molecule has 0 aromatic heterocycles. The van der Waals surface area contributed by atoms with Crippen LogP contribution in [0.5, 0.6) is 5.75 Å². The molecule has 20 heavy (non-hydrogen) atoms. The standard InChI is InChI=1S/C17H20INO/c1-4-20-14-10-8-13(9-11-14)17(19-3)15-7-5-6-12(2)16(15)18/h5-11,17,19H,4H2,1-3H3. The number of hydrogen-bond acceptors (Lipinski definition) is 2. The molecule has 0 fully saturated rings. The number of halogens is 1. The molecule has 0 saturated carbocycles. The number of nitrogens with one attached hydrogen (secondary N) is 1. The monoisotopic (exact) mass is 381 g/mol. The lowest BCUT2D eigenvalue weighted by Crippen LogP contribution is -2.19. The zero-order valence-corrected chi connectivity index (χ0v) is 14.3. The number of hydrogen-bond donors (Lipinski definition) is 1. The summed E-state index contributed by atoms with van der Waals surface area (Å²) in [6.07, 6.45) is 0. The fraction of sp³-hybridized carbons (Fsp3) is 0.294. The van der Waals surface area contributed by atoms with E-state index in [1.165, 1.54) is 20.3 Å². The molecular formula is C17H20INO. The summed E-state index contributed by atoms with van der Waals surface area (Å²) >= 11 is 2.43. The summed E-state index contributed by atoms with van der Waals surface area (Å²) in [5.74, 6) is 0.921. The first-order valence-electron chi connectivity index (χ1n) is 6.82. The first-order chi connectivity index (χ1) is 9.67. The van der Waals surface area contributed by atoms with Gasteiger partial charge in [0.15, 0.2) is 0 Å². The van der Waals surface area contributed by atoms with Crippen molar-refractivity contribution in [3.05, 3.63) is 62.7 Å². The molecule has 0 heterocycles. The van der Waals surface area contributed by atoms with E-state index in [0.717, 1.165) is 5.75 Å². The molecule has 1 unspecified atom stereocenters. The van der Waals surface area contributed by atoms with Gasteiger partial charge in [-0.25, -0.2) is 0 Å². The highest BCUT2D eigenvalue weighted by Gasteiger charge is 2.15. The van der Waals surface area contributed by atoms with Gasteiger partial charge < -0.3 is 10.1 Å². The molecule has 106 valence electrons. The summed E-state index contributed by atoms with van der Waals surface area (Å²) in [5.41, 5.74) is 3.88. The van der Waals surface area contributed by atoms with Gasteiger partial charge in [-0.1, -0.05) is 30.3 Å². The molecule has 0 aliphatic carbocycles. The number of aryl methyl sites for hydroxylation is 1. The Morgan fingerprint density at radius 3 is 2.45 bits per heavy atom. The Kier molecular flexibility index (Phi) is 5.43. The minimum Gasteiger partial charge on any atom is -0.494 e. The van der Waals surface area contributed by atoms with Crippen molar-refractivity contribution < 1.29 is 4.74 Å². The van der Waals surface area contributed by atoms with Crippen LogP contribution in [-0.4, -0.2) is 13.7 Å². The van der Waals surface area contributed by atoms with Crippen molar-refractivity contribution in [2.75, 3.05) is 13.7 Å². The van der Waals surface area contributed by atoms with Gasteiger partial charge in [-0.05, 0) is 72.3 Å². The molecule has 2 rings (SSSR count). The minimum atomic E-state index is 0.206. The molecule has 0 aliphatic rings. The third-order valence-corrected chi connectivity index (χ3v) is 4.82. The van der Waals surface area contributed by atoms with E-state index in [-0.39, 0.29) is 6.04 Å². The van der Waals surface area contributed by atoms with E-state index in [1.807, 2.05) is 26.1 Å². The second-order valence-electron chi connectivity index (χ2n) is 4.70. The highest BCUT2D eigenvalue weighted by atomic mass is 127. The average Bonchev–Trinajstić information content (AvgIpc) is 2.46. The van der Waals surface area contributed by atoms with E-state index in [1.54, 1.807) is 0 Å². The van der Waals surface area contributed by atoms with Crippen LogP contribution in [0.25, 0.3) is 0 Å². The molecule has 1 atom stereocenters. The van der Waals surface area contributed by atoms with Crippen molar-refractivity contribution in [2.45, 2.75) is 19.9 Å². The first kappa shape index (κ1) is 15.3. The predicted octanol–water partition coefficient (Wildman–Crippen LogP) is 4.31. The Labute approximate surface area is 134 Å². The lowest BCUT2D eigenvalue weighted by Gasteiger charge is -2.20. The molecule has 3 heteroatoms. The summed E-state index contributed by atoms with van der Waals surface area (Å²) in [6.45, 7) is 4.85. The van der Waals surface area contributed by atoms with E-state index >= 15 is 0 Å².